The molecule has 2 rings (SSSR count). The summed E-state index contributed by atoms with van der Waals surface area (Å²) in [4.78, 5) is 21.7. The molecule has 0 radical (unpaired) electrons. The van der Waals surface area contributed by atoms with E-state index in [9.17, 15) is 9.59 Å². The molecule has 0 bridgehead atoms. The van der Waals surface area contributed by atoms with Crippen LogP contribution < -0.4 is 0 Å². The summed E-state index contributed by atoms with van der Waals surface area (Å²) in [5.41, 5.74) is 0. The van der Waals surface area contributed by atoms with E-state index in [4.69, 9.17) is 18.9 Å². The van der Waals surface area contributed by atoms with Gasteiger partial charge in [0.1, 0.15) is 12.2 Å². The van der Waals surface area contributed by atoms with Crippen molar-refractivity contribution in [3.05, 3.63) is 0 Å². The zero-order valence-electron chi connectivity index (χ0n) is 9.17. The highest BCUT2D eigenvalue weighted by molar-refractivity contribution is 5.66. The third kappa shape index (κ3) is 2.17. The Kier molecular flexibility index (Phi) is 3.11. The van der Waals surface area contributed by atoms with Crippen LogP contribution in [0, 0.1) is 0 Å². The quantitative estimate of drug-likeness (QED) is 0.604. The largest absolute Gasteiger partial charge is 0.457 e. The van der Waals surface area contributed by atoms with Crippen LogP contribution in [-0.4, -0.2) is 49.6 Å². The maximum absolute atomic E-state index is 10.8. The number of carbonyl (C=O) groups is 2. The fourth-order valence-electron chi connectivity index (χ4n) is 2.06. The third-order valence-electron chi connectivity index (χ3n) is 2.60. The van der Waals surface area contributed by atoms with E-state index in [1.807, 2.05) is 0 Å². The van der Waals surface area contributed by atoms with E-state index in [1.54, 1.807) is 0 Å². The normalized spacial score (nSPS) is 36.9. The van der Waals surface area contributed by atoms with Gasteiger partial charge in [-0.3, -0.25) is 9.59 Å². The summed E-state index contributed by atoms with van der Waals surface area (Å²) in [5.74, 6) is -0.734. The molecule has 2 aliphatic rings. The molecule has 0 aromatic heterocycles. The van der Waals surface area contributed by atoms with Gasteiger partial charge in [-0.15, -0.1) is 0 Å². The highest BCUT2D eigenvalue weighted by Gasteiger charge is 2.50. The minimum atomic E-state index is -0.400. The fourth-order valence-corrected chi connectivity index (χ4v) is 2.06. The standard InChI is InChI=1S/C10H14O6/c1-5(11)15-7-3-13-10-8(16-6(2)12)4-14-9(7)10/h7-10H,3-4H2,1-2H3/t7-,8+,9-,10-/m1/s1. The summed E-state index contributed by atoms with van der Waals surface area (Å²) in [6.07, 6.45) is -1.45. The number of esters is 2. The number of rotatable bonds is 2. The lowest BCUT2D eigenvalue weighted by atomic mass is 10.1. The lowest BCUT2D eigenvalue weighted by Gasteiger charge is -2.16. The average molecular weight is 230 g/mol. The van der Waals surface area contributed by atoms with E-state index >= 15 is 0 Å². The molecule has 0 spiro atoms. The molecule has 0 amide bonds. The Morgan fingerprint density at radius 2 is 1.31 bits per heavy atom. The number of hydrogen-bond donors (Lipinski definition) is 0. The van der Waals surface area contributed by atoms with Crippen molar-refractivity contribution in [2.75, 3.05) is 13.2 Å². The monoisotopic (exact) mass is 230 g/mol. The maximum atomic E-state index is 10.8. The van der Waals surface area contributed by atoms with E-state index in [-0.39, 0.29) is 37.4 Å². The van der Waals surface area contributed by atoms with Gasteiger partial charge < -0.3 is 18.9 Å². The summed E-state index contributed by atoms with van der Waals surface area (Å²) >= 11 is 0. The van der Waals surface area contributed by atoms with Crippen molar-refractivity contribution in [3.63, 3.8) is 0 Å². The van der Waals surface area contributed by atoms with E-state index in [0.29, 0.717) is 0 Å². The fraction of sp³-hybridized carbons (Fsp3) is 0.800. The topological polar surface area (TPSA) is 71.1 Å². The van der Waals surface area contributed by atoms with Crippen LogP contribution in [0.2, 0.25) is 0 Å². The van der Waals surface area contributed by atoms with Gasteiger partial charge in [-0.05, 0) is 0 Å². The van der Waals surface area contributed by atoms with E-state index < -0.39 is 12.2 Å². The highest BCUT2D eigenvalue weighted by atomic mass is 16.7. The van der Waals surface area contributed by atoms with Crippen LogP contribution in [0.4, 0.5) is 0 Å². The first kappa shape index (κ1) is 11.3. The molecule has 0 aromatic carbocycles. The van der Waals surface area contributed by atoms with Crippen LogP contribution in [-0.2, 0) is 28.5 Å². The zero-order valence-corrected chi connectivity index (χ0v) is 9.17. The Hall–Kier alpha value is -1.14. The van der Waals surface area contributed by atoms with Gasteiger partial charge >= 0.3 is 11.9 Å². The van der Waals surface area contributed by atoms with Crippen molar-refractivity contribution in [1.82, 2.24) is 0 Å². The van der Waals surface area contributed by atoms with Crippen molar-refractivity contribution < 1.29 is 28.5 Å². The molecule has 2 saturated heterocycles. The molecule has 0 aliphatic carbocycles. The molecular weight excluding hydrogens is 216 g/mol. The van der Waals surface area contributed by atoms with Crippen molar-refractivity contribution in [2.24, 2.45) is 0 Å². The predicted molar refractivity (Wildman–Crippen MR) is 50.6 cm³/mol. The minimum absolute atomic E-state index is 0.284. The molecule has 0 saturated carbocycles. The molecule has 90 valence electrons. The summed E-state index contributed by atoms with van der Waals surface area (Å²) < 4.78 is 20.9. The SMILES string of the molecule is CC(=O)O[C@H]1CO[C@H]2[C@@H]1OC[C@H]2OC(C)=O. The first-order valence-corrected chi connectivity index (χ1v) is 5.15. The van der Waals surface area contributed by atoms with Gasteiger partial charge in [0.25, 0.3) is 0 Å². The first-order valence-electron chi connectivity index (χ1n) is 5.15. The highest BCUT2D eigenvalue weighted by Crippen LogP contribution is 2.30. The van der Waals surface area contributed by atoms with Crippen molar-refractivity contribution in [3.8, 4) is 0 Å². The number of carbonyl (C=O) groups excluding carboxylic acids is 2. The van der Waals surface area contributed by atoms with Gasteiger partial charge in [-0.25, -0.2) is 0 Å². The lowest BCUT2D eigenvalue weighted by molar-refractivity contribution is -0.152. The molecule has 0 unspecified atom stereocenters. The molecule has 2 heterocycles. The van der Waals surface area contributed by atoms with Crippen LogP contribution in [0.1, 0.15) is 13.8 Å². The Labute approximate surface area is 92.8 Å². The summed E-state index contributed by atoms with van der Waals surface area (Å²) in [7, 11) is 0. The zero-order chi connectivity index (χ0) is 11.7. The van der Waals surface area contributed by atoms with Crippen LogP contribution in [0.3, 0.4) is 0 Å². The average Bonchev–Trinajstić information content (AvgIpc) is 2.70. The van der Waals surface area contributed by atoms with Gasteiger partial charge in [0.05, 0.1) is 13.2 Å². The molecule has 6 nitrogen and oxygen atoms in total. The summed E-state index contributed by atoms with van der Waals surface area (Å²) in [5, 5.41) is 0. The molecule has 16 heavy (non-hydrogen) atoms. The second-order valence-electron chi connectivity index (χ2n) is 3.89. The van der Waals surface area contributed by atoms with E-state index in [0.717, 1.165) is 0 Å². The maximum Gasteiger partial charge on any atom is 0.303 e. The van der Waals surface area contributed by atoms with Gasteiger partial charge in [-0.1, -0.05) is 0 Å². The minimum Gasteiger partial charge on any atom is -0.457 e. The van der Waals surface area contributed by atoms with E-state index in [2.05, 4.69) is 0 Å². The second kappa shape index (κ2) is 4.39. The Balaban J connectivity index is 1.95. The molecule has 2 aliphatic heterocycles. The Morgan fingerprint density at radius 1 is 0.938 bits per heavy atom. The molecule has 0 aromatic rings. The predicted octanol–water partition coefficient (Wildman–Crippen LogP) is -0.353. The van der Waals surface area contributed by atoms with Crippen LogP contribution in [0.25, 0.3) is 0 Å². The lowest BCUT2D eigenvalue weighted by Crippen LogP contribution is -2.35. The molecule has 4 atom stereocenters. The number of ether oxygens (including phenoxy) is 4. The molecule has 2 fully saturated rings. The molecule has 0 N–H and O–H groups in total. The van der Waals surface area contributed by atoms with Crippen LogP contribution in [0.5, 0.6) is 0 Å². The van der Waals surface area contributed by atoms with Crippen molar-refractivity contribution in [1.29, 1.82) is 0 Å². The number of fused-ring (bicyclic) bond motifs is 1. The van der Waals surface area contributed by atoms with Gasteiger partial charge in [0.15, 0.2) is 12.2 Å². The van der Waals surface area contributed by atoms with Crippen LogP contribution >= 0.6 is 0 Å². The van der Waals surface area contributed by atoms with Gasteiger partial charge in [0.2, 0.25) is 0 Å². The number of hydrogen-bond acceptors (Lipinski definition) is 6. The first-order chi connectivity index (χ1) is 7.58. The summed E-state index contributed by atoms with van der Waals surface area (Å²) in [6.45, 7) is 3.25. The smallest absolute Gasteiger partial charge is 0.303 e. The Bertz CT molecular complexity index is 272. The van der Waals surface area contributed by atoms with Crippen molar-refractivity contribution in [2.45, 2.75) is 38.3 Å². The van der Waals surface area contributed by atoms with Crippen molar-refractivity contribution >= 4 is 11.9 Å². The Morgan fingerprint density at radius 3 is 1.62 bits per heavy atom. The molecular formula is C10H14O6. The molecule has 6 heteroatoms. The summed E-state index contributed by atoms with van der Waals surface area (Å²) in [6, 6.07) is 0. The third-order valence-corrected chi connectivity index (χ3v) is 2.60. The van der Waals surface area contributed by atoms with Gasteiger partial charge in [-0.2, -0.15) is 0 Å². The van der Waals surface area contributed by atoms with Gasteiger partial charge in [0, 0.05) is 13.8 Å². The second-order valence-corrected chi connectivity index (χ2v) is 3.89. The van der Waals surface area contributed by atoms with Crippen LogP contribution in [0.15, 0.2) is 0 Å². The van der Waals surface area contributed by atoms with E-state index in [1.165, 1.54) is 13.8 Å².